The number of hydrogen-bond donors (Lipinski definition) is 3. The molecule has 4 rings (SSSR count). The Kier molecular flexibility index (Phi) is 4.12. The van der Waals surface area contributed by atoms with E-state index in [4.69, 9.17) is 0 Å². The first-order valence-electron chi connectivity index (χ1n) is 8.52. The summed E-state index contributed by atoms with van der Waals surface area (Å²) in [7, 11) is 0. The van der Waals surface area contributed by atoms with Crippen LogP contribution >= 0.6 is 0 Å². The molecule has 1 aromatic heterocycles. The molecule has 0 amide bonds. The largest absolute Gasteiger partial charge is 0.315 e. The van der Waals surface area contributed by atoms with Gasteiger partial charge >= 0.3 is 0 Å². The molecule has 0 bridgehead atoms. The Morgan fingerprint density at radius 3 is 2.74 bits per heavy atom. The Balaban J connectivity index is 1.34. The van der Waals surface area contributed by atoms with Gasteiger partial charge in [-0.1, -0.05) is 36.4 Å². The van der Waals surface area contributed by atoms with Gasteiger partial charge < -0.3 is 5.32 Å². The molecule has 120 valence electrons. The molecule has 1 saturated carbocycles. The molecule has 1 aromatic carbocycles. The van der Waals surface area contributed by atoms with Crippen LogP contribution in [0.5, 0.6) is 0 Å². The maximum Gasteiger partial charge on any atom is 0.0530 e. The number of nitrogens with one attached hydrogen (secondary N) is 3. The average molecular weight is 308 g/mol. The summed E-state index contributed by atoms with van der Waals surface area (Å²) in [4.78, 5) is 4.24. The summed E-state index contributed by atoms with van der Waals surface area (Å²) in [6.45, 7) is 3.09. The molecule has 0 radical (unpaired) electrons. The summed E-state index contributed by atoms with van der Waals surface area (Å²) in [6.07, 6.45) is 6.40. The van der Waals surface area contributed by atoms with Crippen LogP contribution in [0.2, 0.25) is 0 Å². The maximum absolute atomic E-state index is 4.24. The Bertz CT molecular complexity index is 624. The summed E-state index contributed by atoms with van der Waals surface area (Å²) in [5.41, 5.74) is 9.81. The standard InChI is InChI=1S/C19H24N4/c1-2-6-17(7-3-1)19(8-9-19)14-21-12-16-13-22-23-18(16)15-5-4-10-20-11-15/h1-7,10-11,16,18,21-23H,8-9,12-14H2. The van der Waals surface area contributed by atoms with Gasteiger partial charge in [0.05, 0.1) is 6.04 Å². The minimum Gasteiger partial charge on any atom is -0.315 e. The van der Waals surface area contributed by atoms with Gasteiger partial charge in [0, 0.05) is 43.4 Å². The van der Waals surface area contributed by atoms with Crippen molar-refractivity contribution in [2.24, 2.45) is 5.92 Å². The first-order valence-corrected chi connectivity index (χ1v) is 8.52. The summed E-state index contributed by atoms with van der Waals surface area (Å²) >= 11 is 0. The second-order valence-electron chi connectivity index (χ2n) is 6.83. The van der Waals surface area contributed by atoms with E-state index >= 15 is 0 Å². The lowest BCUT2D eigenvalue weighted by Gasteiger charge is -2.21. The molecule has 4 heteroatoms. The molecule has 0 spiro atoms. The lowest BCUT2D eigenvalue weighted by Crippen LogP contribution is -2.33. The Labute approximate surface area is 137 Å². The number of hydrogen-bond acceptors (Lipinski definition) is 4. The van der Waals surface area contributed by atoms with E-state index in [0.29, 0.717) is 17.4 Å². The first-order chi connectivity index (χ1) is 11.4. The monoisotopic (exact) mass is 308 g/mol. The predicted molar refractivity (Wildman–Crippen MR) is 91.8 cm³/mol. The van der Waals surface area contributed by atoms with Gasteiger partial charge in [-0.25, -0.2) is 5.43 Å². The molecule has 3 N–H and O–H groups in total. The van der Waals surface area contributed by atoms with Crippen molar-refractivity contribution >= 4 is 0 Å². The molecular formula is C19H24N4. The second-order valence-corrected chi connectivity index (χ2v) is 6.83. The van der Waals surface area contributed by atoms with Crippen LogP contribution in [0, 0.1) is 5.92 Å². The van der Waals surface area contributed by atoms with E-state index < -0.39 is 0 Å². The number of benzene rings is 1. The number of hydrazine groups is 1. The third-order valence-electron chi connectivity index (χ3n) is 5.25. The lowest BCUT2D eigenvalue weighted by molar-refractivity contribution is 0.428. The van der Waals surface area contributed by atoms with E-state index in [1.807, 2.05) is 18.5 Å². The zero-order valence-corrected chi connectivity index (χ0v) is 13.3. The van der Waals surface area contributed by atoms with E-state index in [9.17, 15) is 0 Å². The minimum absolute atomic E-state index is 0.336. The third kappa shape index (κ3) is 3.15. The van der Waals surface area contributed by atoms with E-state index in [1.165, 1.54) is 24.0 Å². The number of nitrogens with zero attached hydrogens (tertiary/aromatic N) is 1. The predicted octanol–water partition coefficient (Wildman–Crippen LogP) is 2.17. The minimum atomic E-state index is 0.336. The molecule has 2 fully saturated rings. The maximum atomic E-state index is 4.24. The van der Waals surface area contributed by atoms with Gasteiger partial charge in [0.1, 0.15) is 0 Å². The van der Waals surface area contributed by atoms with E-state index in [0.717, 1.165) is 19.6 Å². The van der Waals surface area contributed by atoms with E-state index in [-0.39, 0.29) is 0 Å². The van der Waals surface area contributed by atoms with Gasteiger partial charge in [0.15, 0.2) is 0 Å². The average Bonchev–Trinajstić information content (AvgIpc) is 3.26. The lowest BCUT2D eigenvalue weighted by atomic mass is 9.94. The molecule has 1 saturated heterocycles. The van der Waals surface area contributed by atoms with Gasteiger partial charge in [0.25, 0.3) is 0 Å². The fraction of sp³-hybridized carbons (Fsp3) is 0.421. The van der Waals surface area contributed by atoms with Crippen LogP contribution in [0.3, 0.4) is 0 Å². The fourth-order valence-corrected chi connectivity index (χ4v) is 3.65. The molecule has 2 unspecified atom stereocenters. The molecule has 2 aliphatic rings. The molecule has 1 aliphatic heterocycles. The second kappa shape index (κ2) is 6.40. The van der Waals surface area contributed by atoms with Crippen LogP contribution in [-0.2, 0) is 5.41 Å². The SMILES string of the molecule is c1ccc(C2(CNCC3CNNC3c3cccnc3)CC2)cc1. The van der Waals surface area contributed by atoms with Gasteiger partial charge in [-0.3, -0.25) is 10.4 Å². The van der Waals surface area contributed by atoms with Gasteiger partial charge in [-0.05, 0) is 30.0 Å². The van der Waals surface area contributed by atoms with Gasteiger partial charge in [-0.15, -0.1) is 0 Å². The fourth-order valence-electron chi connectivity index (χ4n) is 3.65. The molecule has 1 aliphatic carbocycles. The number of pyridine rings is 1. The Morgan fingerprint density at radius 1 is 1.13 bits per heavy atom. The molecule has 2 atom stereocenters. The van der Waals surface area contributed by atoms with Crippen molar-refractivity contribution in [1.29, 1.82) is 0 Å². The molecule has 23 heavy (non-hydrogen) atoms. The highest BCUT2D eigenvalue weighted by atomic mass is 15.4. The highest BCUT2D eigenvalue weighted by Crippen LogP contribution is 2.47. The zero-order chi connectivity index (χ0) is 15.5. The van der Waals surface area contributed by atoms with Crippen LogP contribution in [0.4, 0.5) is 0 Å². The number of rotatable bonds is 6. The normalized spacial score (nSPS) is 25.4. The van der Waals surface area contributed by atoms with Gasteiger partial charge in [-0.2, -0.15) is 0 Å². The van der Waals surface area contributed by atoms with Crippen molar-refractivity contribution in [3.8, 4) is 0 Å². The van der Waals surface area contributed by atoms with E-state index in [2.05, 4.69) is 57.6 Å². The van der Waals surface area contributed by atoms with Gasteiger partial charge in [0.2, 0.25) is 0 Å². The van der Waals surface area contributed by atoms with Crippen molar-refractivity contribution in [3.05, 3.63) is 66.0 Å². The topological polar surface area (TPSA) is 49.0 Å². The van der Waals surface area contributed by atoms with Crippen molar-refractivity contribution in [2.45, 2.75) is 24.3 Å². The van der Waals surface area contributed by atoms with E-state index in [1.54, 1.807) is 0 Å². The van der Waals surface area contributed by atoms with Crippen molar-refractivity contribution in [3.63, 3.8) is 0 Å². The van der Waals surface area contributed by atoms with Crippen LogP contribution in [0.15, 0.2) is 54.9 Å². The van der Waals surface area contributed by atoms with Crippen molar-refractivity contribution < 1.29 is 0 Å². The van der Waals surface area contributed by atoms with Crippen molar-refractivity contribution in [2.75, 3.05) is 19.6 Å². The van der Waals surface area contributed by atoms with Crippen LogP contribution in [0.1, 0.15) is 30.0 Å². The molecule has 4 nitrogen and oxygen atoms in total. The van der Waals surface area contributed by atoms with Crippen LogP contribution in [0.25, 0.3) is 0 Å². The number of aromatic nitrogens is 1. The summed E-state index contributed by atoms with van der Waals surface area (Å²) in [5, 5.41) is 3.73. The molecular weight excluding hydrogens is 284 g/mol. The zero-order valence-electron chi connectivity index (χ0n) is 13.3. The smallest absolute Gasteiger partial charge is 0.0530 e. The molecule has 2 heterocycles. The highest BCUT2D eigenvalue weighted by molar-refractivity contribution is 5.31. The third-order valence-corrected chi connectivity index (χ3v) is 5.25. The Morgan fingerprint density at radius 2 is 2.00 bits per heavy atom. The summed E-state index contributed by atoms with van der Waals surface area (Å²) < 4.78 is 0. The summed E-state index contributed by atoms with van der Waals surface area (Å²) in [5.74, 6) is 0.547. The van der Waals surface area contributed by atoms with Crippen molar-refractivity contribution in [1.82, 2.24) is 21.2 Å². The highest BCUT2D eigenvalue weighted by Gasteiger charge is 2.43. The first kappa shape index (κ1) is 14.8. The summed E-state index contributed by atoms with van der Waals surface area (Å²) in [6, 6.07) is 15.4. The molecule has 2 aromatic rings. The quantitative estimate of drug-likeness (QED) is 0.765. The van der Waals surface area contributed by atoms with Crippen LogP contribution in [-0.4, -0.2) is 24.6 Å². The van der Waals surface area contributed by atoms with Crippen LogP contribution < -0.4 is 16.2 Å². The Hall–Kier alpha value is -1.75.